The molecule has 6 heteroatoms. The second kappa shape index (κ2) is 10.3. The summed E-state index contributed by atoms with van der Waals surface area (Å²) in [7, 11) is 0. The van der Waals surface area contributed by atoms with Crippen molar-refractivity contribution in [3.05, 3.63) is 59.7 Å². The number of hydrogen-bond acceptors (Lipinski definition) is 4. The number of nitrogens with zero attached hydrogens (tertiary/aromatic N) is 2. The molecule has 0 bridgehead atoms. The highest BCUT2D eigenvalue weighted by atomic mass is 35.5. The van der Waals surface area contributed by atoms with Crippen molar-refractivity contribution in [2.24, 2.45) is 0 Å². The number of carbonyl (C=O) groups excluding carboxylic acids is 1. The summed E-state index contributed by atoms with van der Waals surface area (Å²) >= 11 is 0. The number of benzene rings is 2. The second-order valence-electron chi connectivity index (χ2n) is 7.05. The number of hydrogen-bond donors (Lipinski definition) is 0. The van der Waals surface area contributed by atoms with Crippen LogP contribution in [0.1, 0.15) is 24.0 Å². The van der Waals surface area contributed by atoms with E-state index in [1.54, 1.807) is 0 Å². The minimum atomic E-state index is -0.292. The molecule has 1 aliphatic heterocycles. The molecule has 2 aromatic carbocycles. The molecule has 0 amide bonds. The minimum absolute atomic E-state index is 0. The number of ether oxygens (including phenoxy) is 1. The van der Waals surface area contributed by atoms with Gasteiger partial charge in [-0.05, 0) is 28.8 Å². The van der Waals surface area contributed by atoms with Crippen LogP contribution in [0.25, 0.3) is 11.1 Å². The Labute approximate surface area is 179 Å². The number of piperazine rings is 1. The number of likely N-dealkylation sites (N-methyl/N-ethyl adjacent to an activating group) is 1. The zero-order valence-corrected chi connectivity index (χ0v) is 17.8. The lowest BCUT2D eigenvalue weighted by atomic mass is 9.97. The lowest BCUT2D eigenvalue weighted by Gasteiger charge is -2.33. The molecule has 2 aromatic rings. The van der Waals surface area contributed by atoms with E-state index < -0.39 is 0 Å². The molecule has 4 rings (SSSR count). The summed E-state index contributed by atoms with van der Waals surface area (Å²) in [4.78, 5) is 17.7. The van der Waals surface area contributed by atoms with Crippen molar-refractivity contribution in [1.82, 2.24) is 9.80 Å². The summed E-state index contributed by atoms with van der Waals surface area (Å²) in [6, 6.07) is 16.3. The van der Waals surface area contributed by atoms with E-state index in [2.05, 4.69) is 28.9 Å². The van der Waals surface area contributed by atoms with E-state index in [1.165, 1.54) is 0 Å². The minimum Gasteiger partial charge on any atom is -0.464 e. The van der Waals surface area contributed by atoms with Gasteiger partial charge in [0.1, 0.15) is 12.5 Å². The first-order valence-electron chi connectivity index (χ1n) is 9.57. The monoisotopic (exact) mass is 422 g/mol. The average Bonchev–Trinajstić information content (AvgIpc) is 3.03. The van der Waals surface area contributed by atoms with Crippen LogP contribution in [0.5, 0.6) is 0 Å². The topological polar surface area (TPSA) is 32.8 Å². The van der Waals surface area contributed by atoms with E-state index in [-0.39, 0.29) is 36.7 Å². The first kappa shape index (κ1) is 22.7. The van der Waals surface area contributed by atoms with Crippen molar-refractivity contribution in [3.8, 4) is 11.1 Å². The summed E-state index contributed by atoms with van der Waals surface area (Å²) < 4.78 is 5.70. The Morgan fingerprint density at radius 3 is 1.93 bits per heavy atom. The van der Waals surface area contributed by atoms with E-state index in [9.17, 15) is 4.79 Å². The van der Waals surface area contributed by atoms with E-state index in [0.29, 0.717) is 6.61 Å². The van der Waals surface area contributed by atoms with Crippen molar-refractivity contribution in [2.75, 3.05) is 45.9 Å². The van der Waals surface area contributed by atoms with Crippen molar-refractivity contribution in [3.63, 3.8) is 0 Å². The number of fused-ring (bicyclic) bond motifs is 3. The van der Waals surface area contributed by atoms with Gasteiger partial charge in [-0.2, -0.15) is 0 Å². The maximum Gasteiger partial charge on any atom is 0.318 e. The summed E-state index contributed by atoms with van der Waals surface area (Å²) in [6.45, 7) is 8.92. The summed E-state index contributed by atoms with van der Waals surface area (Å²) in [6.07, 6.45) is 0. The first-order chi connectivity index (χ1) is 12.8. The second-order valence-corrected chi connectivity index (χ2v) is 7.05. The molecular formula is C22H28Cl2N2O2. The fourth-order valence-electron chi connectivity index (χ4n) is 4.10. The maximum atomic E-state index is 12.9. The maximum absolute atomic E-state index is 12.9. The third kappa shape index (κ3) is 4.52. The van der Waals surface area contributed by atoms with Crippen LogP contribution in [0.3, 0.4) is 0 Å². The molecule has 1 heterocycles. The lowest BCUT2D eigenvalue weighted by molar-refractivity contribution is -0.144. The first-order valence-corrected chi connectivity index (χ1v) is 9.57. The highest BCUT2D eigenvalue weighted by Crippen LogP contribution is 2.44. The standard InChI is InChI=1S/C22H26N2O2.2ClH/c1-2-23-11-13-24(14-12-23)15-16-26-22(25)21-19-9-5-3-7-17(19)18-8-4-6-10-20(18)21;;/h3-10,21H,2,11-16H2,1H3;2*1H. The third-order valence-corrected chi connectivity index (χ3v) is 5.63. The van der Waals surface area contributed by atoms with Crippen molar-refractivity contribution in [2.45, 2.75) is 12.8 Å². The van der Waals surface area contributed by atoms with Crippen LogP contribution in [-0.4, -0.2) is 61.6 Å². The zero-order valence-electron chi connectivity index (χ0n) is 16.2. The van der Waals surface area contributed by atoms with Crippen LogP contribution in [0.4, 0.5) is 0 Å². The number of carbonyl (C=O) groups is 1. The third-order valence-electron chi connectivity index (χ3n) is 5.63. The van der Waals surface area contributed by atoms with E-state index in [4.69, 9.17) is 4.74 Å². The average molecular weight is 423 g/mol. The Balaban J connectivity index is 0.00000140. The lowest BCUT2D eigenvalue weighted by Crippen LogP contribution is -2.47. The molecule has 0 spiro atoms. The van der Waals surface area contributed by atoms with Gasteiger partial charge >= 0.3 is 5.97 Å². The molecule has 4 nitrogen and oxygen atoms in total. The fraction of sp³-hybridized carbons (Fsp3) is 0.409. The van der Waals surface area contributed by atoms with Crippen LogP contribution in [0, 0.1) is 0 Å². The van der Waals surface area contributed by atoms with Gasteiger partial charge in [-0.25, -0.2) is 0 Å². The van der Waals surface area contributed by atoms with Crippen molar-refractivity contribution < 1.29 is 9.53 Å². The van der Waals surface area contributed by atoms with Crippen LogP contribution >= 0.6 is 24.8 Å². The van der Waals surface area contributed by atoms with Gasteiger partial charge in [-0.15, -0.1) is 24.8 Å². The summed E-state index contributed by atoms with van der Waals surface area (Å²) in [5, 5.41) is 0. The molecule has 0 radical (unpaired) electrons. The smallest absolute Gasteiger partial charge is 0.318 e. The predicted octanol–water partition coefficient (Wildman–Crippen LogP) is 3.82. The van der Waals surface area contributed by atoms with E-state index >= 15 is 0 Å². The van der Waals surface area contributed by atoms with Crippen LogP contribution in [-0.2, 0) is 9.53 Å². The number of esters is 1. The summed E-state index contributed by atoms with van der Waals surface area (Å²) in [5.74, 6) is -0.422. The number of halogens is 2. The Morgan fingerprint density at radius 1 is 0.893 bits per heavy atom. The van der Waals surface area contributed by atoms with E-state index in [1.807, 2.05) is 36.4 Å². The van der Waals surface area contributed by atoms with Gasteiger partial charge in [-0.1, -0.05) is 55.5 Å². The SMILES string of the molecule is CCN1CCN(CCOC(=O)C2c3ccccc3-c3ccccc32)CC1.Cl.Cl. The molecule has 1 aliphatic carbocycles. The van der Waals surface area contributed by atoms with Gasteiger partial charge in [-0.3, -0.25) is 9.69 Å². The highest BCUT2D eigenvalue weighted by Gasteiger charge is 2.34. The molecule has 152 valence electrons. The van der Waals surface area contributed by atoms with Crippen LogP contribution < -0.4 is 0 Å². The normalized spacial score (nSPS) is 16.5. The molecule has 28 heavy (non-hydrogen) atoms. The Hall–Kier alpha value is -1.59. The molecular weight excluding hydrogens is 395 g/mol. The fourth-order valence-corrected chi connectivity index (χ4v) is 4.10. The Morgan fingerprint density at radius 2 is 1.39 bits per heavy atom. The Kier molecular flexibility index (Phi) is 8.32. The van der Waals surface area contributed by atoms with Crippen molar-refractivity contribution >= 4 is 30.8 Å². The van der Waals surface area contributed by atoms with Gasteiger partial charge in [0.2, 0.25) is 0 Å². The molecule has 0 unspecified atom stereocenters. The summed E-state index contributed by atoms with van der Waals surface area (Å²) in [5.41, 5.74) is 4.44. The largest absolute Gasteiger partial charge is 0.464 e. The molecule has 1 fully saturated rings. The van der Waals surface area contributed by atoms with E-state index in [0.717, 1.165) is 61.5 Å². The van der Waals surface area contributed by atoms with Crippen LogP contribution in [0.15, 0.2) is 48.5 Å². The quantitative estimate of drug-likeness (QED) is 0.685. The molecule has 0 saturated carbocycles. The molecule has 0 atom stereocenters. The van der Waals surface area contributed by atoms with Gasteiger partial charge in [0, 0.05) is 32.7 Å². The molecule has 0 N–H and O–H groups in total. The van der Waals surface area contributed by atoms with Gasteiger partial charge in [0.25, 0.3) is 0 Å². The zero-order chi connectivity index (χ0) is 17.9. The molecule has 2 aliphatic rings. The Bertz CT molecular complexity index is 746. The molecule has 1 saturated heterocycles. The van der Waals surface area contributed by atoms with Crippen LogP contribution in [0.2, 0.25) is 0 Å². The predicted molar refractivity (Wildman–Crippen MR) is 118 cm³/mol. The van der Waals surface area contributed by atoms with Crippen molar-refractivity contribution in [1.29, 1.82) is 0 Å². The highest BCUT2D eigenvalue weighted by molar-refractivity contribution is 5.93. The van der Waals surface area contributed by atoms with Gasteiger partial charge in [0.15, 0.2) is 0 Å². The number of rotatable bonds is 5. The van der Waals surface area contributed by atoms with Gasteiger partial charge in [0.05, 0.1) is 0 Å². The van der Waals surface area contributed by atoms with Gasteiger partial charge < -0.3 is 9.64 Å². The molecule has 0 aromatic heterocycles.